The van der Waals surface area contributed by atoms with Crippen molar-refractivity contribution in [3.8, 4) is 0 Å². The lowest BCUT2D eigenvalue weighted by atomic mass is 10.0. The highest BCUT2D eigenvalue weighted by molar-refractivity contribution is 6.31. The fourth-order valence-corrected chi connectivity index (χ4v) is 2.26. The molecule has 7 heteroatoms. The predicted molar refractivity (Wildman–Crippen MR) is 86.6 cm³/mol. The van der Waals surface area contributed by atoms with Crippen molar-refractivity contribution >= 4 is 29.2 Å². The molecular formula is C16H15ClFN3O2. The van der Waals surface area contributed by atoms with Crippen LogP contribution in [-0.2, 0) is 4.79 Å². The van der Waals surface area contributed by atoms with Crippen molar-refractivity contribution in [1.29, 1.82) is 0 Å². The van der Waals surface area contributed by atoms with Gasteiger partial charge in [0.05, 0.1) is 17.5 Å². The van der Waals surface area contributed by atoms with Crippen LogP contribution in [0.5, 0.6) is 0 Å². The van der Waals surface area contributed by atoms with E-state index >= 15 is 0 Å². The zero-order valence-corrected chi connectivity index (χ0v) is 12.8. The zero-order valence-electron chi connectivity index (χ0n) is 12.1. The number of hydrogen-bond donors (Lipinski definition) is 3. The fraction of sp³-hybridized carbons (Fsp3) is 0.125. The van der Waals surface area contributed by atoms with Crippen LogP contribution in [0, 0.1) is 5.82 Å². The summed E-state index contributed by atoms with van der Waals surface area (Å²) < 4.78 is 13.1. The molecule has 0 aromatic heterocycles. The van der Waals surface area contributed by atoms with Crippen LogP contribution in [0.4, 0.5) is 14.9 Å². The van der Waals surface area contributed by atoms with Crippen molar-refractivity contribution in [3.05, 3.63) is 64.9 Å². The number of carbonyl (C=O) groups excluding carboxylic acids is 2. The molecule has 0 fully saturated rings. The van der Waals surface area contributed by atoms with E-state index in [0.717, 1.165) is 11.6 Å². The first-order valence-electron chi connectivity index (χ1n) is 6.81. The summed E-state index contributed by atoms with van der Waals surface area (Å²) >= 11 is 5.67. The predicted octanol–water partition coefficient (Wildman–Crippen LogP) is 3.22. The van der Waals surface area contributed by atoms with E-state index in [0.29, 0.717) is 5.69 Å². The SMILES string of the molecule is NC(=O)NC(CC(=O)Nc1ccc(F)c(Cl)c1)c1ccccc1. The van der Waals surface area contributed by atoms with Crippen LogP contribution in [0.25, 0.3) is 0 Å². The van der Waals surface area contributed by atoms with E-state index in [2.05, 4.69) is 10.6 Å². The summed E-state index contributed by atoms with van der Waals surface area (Å²) in [6.07, 6.45) is -0.0258. The second kappa shape index (κ2) is 7.60. The summed E-state index contributed by atoms with van der Waals surface area (Å²) in [6, 6.07) is 11.6. The van der Waals surface area contributed by atoms with Gasteiger partial charge in [-0.2, -0.15) is 0 Å². The first-order chi connectivity index (χ1) is 11.0. The summed E-state index contributed by atoms with van der Waals surface area (Å²) in [4.78, 5) is 23.3. The van der Waals surface area contributed by atoms with E-state index in [9.17, 15) is 14.0 Å². The van der Waals surface area contributed by atoms with Gasteiger partial charge in [0.25, 0.3) is 0 Å². The van der Waals surface area contributed by atoms with Gasteiger partial charge < -0.3 is 16.4 Å². The van der Waals surface area contributed by atoms with Gasteiger partial charge in [-0.05, 0) is 23.8 Å². The van der Waals surface area contributed by atoms with E-state index in [4.69, 9.17) is 17.3 Å². The highest BCUT2D eigenvalue weighted by atomic mass is 35.5. The Morgan fingerprint density at radius 2 is 1.87 bits per heavy atom. The molecule has 0 aliphatic heterocycles. The molecule has 4 N–H and O–H groups in total. The lowest BCUT2D eigenvalue weighted by Crippen LogP contribution is -2.35. The Hall–Kier alpha value is -2.60. The van der Waals surface area contributed by atoms with Crippen LogP contribution >= 0.6 is 11.6 Å². The number of benzene rings is 2. The molecule has 0 spiro atoms. The molecule has 2 aromatic rings. The first kappa shape index (κ1) is 16.8. The molecule has 2 aromatic carbocycles. The summed E-state index contributed by atoms with van der Waals surface area (Å²) in [5.41, 5.74) is 6.27. The van der Waals surface area contributed by atoms with Crippen molar-refractivity contribution in [2.45, 2.75) is 12.5 Å². The Balaban J connectivity index is 2.08. The highest BCUT2D eigenvalue weighted by Gasteiger charge is 2.17. The second-order valence-corrected chi connectivity index (χ2v) is 5.26. The smallest absolute Gasteiger partial charge is 0.312 e. The number of amides is 3. The number of rotatable bonds is 5. The van der Waals surface area contributed by atoms with Gasteiger partial charge in [-0.3, -0.25) is 4.79 Å². The molecule has 0 heterocycles. The number of hydrogen-bond acceptors (Lipinski definition) is 2. The van der Waals surface area contributed by atoms with E-state index in [1.165, 1.54) is 12.1 Å². The Labute approximate surface area is 137 Å². The van der Waals surface area contributed by atoms with Gasteiger partial charge in [0.2, 0.25) is 5.91 Å². The number of nitrogens with two attached hydrogens (primary N) is 1. The molecule has 5 nitrogen and oxygen atoms in total. The molecule has 1 atom stereocenters. The van der Waals surface area contributed by atoms with Crippen LogP contribution in [-0.4, -0.2) is 11.9 Å². The number of anilines is 1. The minimum Gasteiger partial charge on any atom is -0.352 e. The number of nitrogens with one attached hydrogen (secondary N) is 2. The van der Waals surface area contributed by atoms with E-state index in [1.54, 1.807) is 24.3 Å². The third kappa shape index (κ3) is 4.96. The molecule has 0 aliphatic rings. The summed E-state index contributed by atoms with van der Waals surface area (Å²) in [7, 11) is 0. The molecule has 1 unspecified atom stereocenters. The van der Waals surface area contributed by atoms with E-state index < -0.39 is 17.9 Å². The van der Waals surface area contributed by atoms with Crippen molar-refractivity contribution in [3.63, 3.8) is 0 Å². The van der Waals surface area contributed by atoms with Crippen LogP contribution in [0.3, 0.4) is 0 Å². The van der Waals surface area contributed by atoms with Crippen LogP contribution in [0.15, 0.2) is 48.5 Å². The average Bonchev–Trinajstić information content (AvgIpc) is 2.51. The minimum atomic E-state index is -0.725. The molecular weight excluding hydrogens is 321 g/mol. The Bertz CT molecular complexity index is 710. The lowest BCUT2D eigenvalue weighted by Gasteiger charge is -2.17. The molecule has 0 saturated heterocycles. The summed E-state index contributed by atoms with van der Waals surface area (Å²) in [6.45, 7) is 0. The van der Waals surface area contributed by atoms with Crippen LogP contribution < -0.4 is 16.4 Å². The third-order valence-electron chi connectivity index (χ3n) is 3.11. The van der Waals surface area contributed by atoms with Crippen molar-refractivity contribution < 1.29 is 14.0 Å². The Morgan fingerprint density at radius 1 is 1.17 bits per heavy atom. The van der Waals surface area contributed by atoms with Gasteiger partial charge in [0.15, 0.2) is 0 Å². The second-order valence-electron chi connectivity index (χ2n) is 4.85. The van der Waals surface area contributed by atoms with Crippen LogP contribution in [0.2, 0.25) is 5.02 Å². The van der Waals surface area contributed by atoms with E-state index in [-0.39, 0.29) is 17.4 Å². The van der Waals surface area contributed by atoms with Crippen LogP contribution in [0.1, 0.15) is 18.0 Å². The minimum absolute atomic E-state index is 0.0258. The quantitative estimate of drug-likeness (QED) is 0.783. The monoisotopic (exact) mass is 335 g/mol. The van der Waals surface area contributed by atoms with Gasteiger partial charge in [0, 0.05) is 5.69 Å². The van der Waals surface area contributed by atoms with Crippen molar-refractivity contribution in [2.75, 3.05) is 5.32 Å². The summed E-state index contributed by atoms with van der Waals surface area (Å²) in [5.74, 6) is -0.933. The molecule has 0 bridgehead atoms. The van der Waals surface area contributed by atoms with Crippen molar-refractivity contribution in [2.24, 2.45) is 5.73 Å². The normalized spacial score (nSPS) is 11.6. The van der Waals surface area contributed by atoms with Gasteiger partial charge in [-0.15, -0.1) is 0 Å². The van der Waals surface area contributed by atoms with Gasteiger partial charge in [-0.25, -0.2) is 9.18 Å². The molecule has 2 rings (SSSR count). The first-order valence-corrected chi connectivity index (χ1v) is 7.19. The Kier molecular flexibility index (Phi) is 5.54. The number of carbonyl (C=O) groups is 2. The number of primary amides is 1. The largest absolute Gasteiger partial charge is 0.352 e. The van der Waals surface area contributed by atoms with E-state index in [1.807, 2.05) is 6.07 Å². The van der Waals surface area contributed by atoms with Gasteiger partial charge >= 0.3 is 6.03 Å². The number of urea groups is 1. The van der Waals surface area contributed by atoms with Gasteiger partial charge in [-0.1, -0.05) is 41.9 Å². The number of halogens is 2. The fourth-order valence-electron chi connectivity index (χ4n) is 2.08. The molecule has 0 radical (unpaired) electrons. The maximum atomic E-state index is 13.1. The van der Waals surface area contributed by atoms with Gasteiger partial charge in [0.1, 0.15) is 5.82 Å². The zero-order chi connectivity index (χ0) is 16.8. The molecule has 120 valence electrons. The maximum Gasteiger partial charge on any atom is 0.312 e. The highest BCUT2D eigenvalue weighted by Crippen LogP contribution is 2.21. The molecule has 23 heavy (non-hydrogen) atoms. The maximum absolute atomic E-state index is 13.1. The topological polar surface area (TPSA) is 84.2 Å². The standard InChI is InChI=1S/C16H15ClFN3O2/c17-12-8-11(6-7-13(12)18)20-15(22)9-14(21-16(19)23)10-4-2-1-3-5-10/h1-8,14H,9H2,(H,20,22)(H3,19,21,23). The average molecular weight is 336 g/mol. The molecule has 3 amide bonds. The molecule has 0 aliphatic carbocycles. The van der Waals surface area contributed by atoms with Crippen molar-refractivity contribution in [1.82, 2.24) is 5.32 Å². The summed E-state index contributed by atoms with van der Waals surface area (Å²) in [5, 5.41) is 5.04. The molecule has 0 saturated carbocycles. The lowest BCUT2D eigenvalue weighted by molar-refractivity contribution is -0.116. The Morgan fingerprint density at radius 3 is 2.48 bits per heavy atom. The third-order valence-corrected chi connectivity index (χ3v) is 3.40.